The number of methoxy groups -OCH3 is 1. The van der Waals surface area contributed by atoms with E-state index in [0.717, 1.165) is 5.56 Å². The first-order valence-electron chi connectivity index (χ1n) is 8.24. The molecule has 0 spiro atoms. The van der Waals surface area contributed by atoms with Crippen LogP contribution in [0.3, 0.4) is 0 Å². The molecule has 0 aliphatic rings. The minimum atomic E-state index is -0.273. The SMILES string of the molecule is COC[C@@H](C)NC(=S)N/N=C\c1cccc(NC(=O)c2ccccc2Cl)c1. The summed E-state index contributed by atoms with van der Waals surface area (Å²) < 4.78 is 5.03. The summed E-state index contributed by atoms with van der Waals surface area (Å²) in [5.41, 5.74) is 4.60. The average Bonchev–Trinajstić information content (AvgIpc) is 2.62. The van der Waals surface area contributed by atoms with Gasteiger partial charge in [-0.25, -0.2) is 0 Å². The van der Waals surface area contributed by atoms with Crippen molar-refractivity contribution in [2.24, 2.45) is 5.10 Å². The summed E-state index contributed by atoms with van der Waals surface area (Å²) in [5.74, 6) is -0.273. The molecule has 2 aromatic carbocycles. The molecule has 0 aliphatic carbocycles. The zero-order chi connectivity index (χ0) is 19.6. The summed E-state index contributed by atoms with van der Waals surface area (Å²) in [7, 11) is 1.63. The Morgan fingerprint density at radius 1 is 1.30 bits per heavy atom. The third-order valence-electron chi connectivity index (χ3n) is 3.44. The summed E-state index contributed by atoms with van der Waals surface area (Å²) in [4.78, 5) is 12.3. The minimum Gasteiger partial charge on any atom is -0.383 e. The summed E-state index contributed by atoms with van der Waals surface area (Å²) in [6.45, 7) is 2.49. The highest BCUT2D eigenvalue weighted by Gasteiger charge is 2.09. The van der Waals surface area contributed by atoms with Gasteiger partial charge in [0.15, 0.2) is 5.11 Å². The van der Waals surface area contributed by atoms with Gasteiger partial charge in [-0.05, 0) is 49.0 Å². The Labute approximate surface area is 168 Å². The Bertz CT molecular complexity index is 829. The third kappa shape index (κ3) is 6.97. The molecular formula is C19H21ClN4O2S. The van der Waals surface area contributed by atoms with Crippen molar-refractivity contribution < 1.29 is 9.53 Å². The van der Waals surface area contributed by atoms with E-state index >= 15 is 0 Å². The first-order valence-corrected chi connectivity index (χ1v) is 9.02. The lowest BCUT2D eigenvalue weighted by atomic mass is 10.2. The van der Waals surface area contributed by atoms with Crippen LogP contribution in [-0.2, 0) is 4.74 Å². The molecule has 2 rings (SSSR count). The van der Waals surface area contributed by atoms with Crippen LogP contribution in [0.4, 0.5) is 5.69 Å². The standard InChI is InChI=1S/C19H21ClN4O2S/c1-13(12-26-2)22-19(27)24-21-11-14-6-5-7-15(10-14)23-18(25)16-8-3-4-9-17(16)20/h3-11,13H,12H2,1-2H3,(H,23,25)(H2,22,24,27)/b21-11-/t13-/m1/s1. The van der Waals surface area contributed by atoms with Crippen LogP contribution >= 0.6 is 23.8 Å². The van der Waals surface area contributed by atoms with Crippen LogP contribution in [0.15, 0.2) is 53.6 Å². The monoisotopic (exact) mass is 404 g/mol. The lowest BCUT2D eigenvalue weighted by Crippen LogP contribution is -2.40. The summed E-state index contributed by atoms with van der Waals surface area (Å²) in [6.07, 6.45) is 1.61. The van der Waals surface area contributed by atoms with Crippen molar-refractivity contribution in [3.05, 3.63) is 64.7 Å². The van der Waals surface area contributed by atoms with Crippen LogP contribution in [0.1, 0.15) is 22.8 Å². The van der Waals surface area contributed by atoms with Crippen molar-refractivity contribution >= 4 is 46.7 Å². The van der Waals surface area contributed by atoms with Crippen LogP contribution in [0.5, 0.6) is 0 Å². The number of nitrogens with zero attached hydrogens (tertiary/aromatic N) is 1. The number of carbonyl (C=O) groups excluding carboxylic acids is 1. The van der Waals surface area contributed by atoms with Gasteiger partial charge in [0.1, 0.15) is 0 Å². The molecule has 2 aromatic rings. The van der Waals surface area contributed by atoms with Gasteiger partial charge < -0.3 is 15.4 Å². The van der Waals surface area contributed by atoms with E-state index < -0.39 is 0 Å². The van der Waals surface area contributed by atoms with E-state index in [9.17, 15) is 4.79 Å². The first-order chi connectivity index (χ1) is 13.0. The van der Waals surface area contributed by atoms with E-state index in [4.69, 9.17) is 28.6 Å². The molecule has 0 bridgehead atoms. The van der Waals surface area contributed by atoms with E-state index in [-0.39, 0.29) is 11.9 Å². The van der Waals surface area contributed by atoms with E-state index in [1.807, 2.05) is 19.1 Å². The van der Waals surface area contributed by atoms with Gasteiger partial charge in [0.2, 0.25) is 0 Å². The van der Waals surface area contributed by atoms with Crippen molar-refractivity contribution in [2.75, 3.05) is 19.0 Å². The number of nitrogens with one attached hydrogen (secondary N) is 3. The molecule has 0 aliphatic heterocycles. The van der Waals surface area contributed by atoms with Gasteiger partial charge in [-0.15, -0.1) is 0 Å². The second kappa shape index (κ2) is 10.6. The summed E-state index contributed by atoms with van der Waals surface area (Å²) >= 11 is 11.2. The normalized spacial score (nSPS) is 11.8. The van der Waals surface area contributed by atoms with Gasteiger partial charge in [-0.1, -0.05) is 35.9 Å². The number of hydrogen-bond donors (Lipinski definition) is 3. The molecule has 27 heavy (non-hydrogen) atoms. The predicted molar refractivity (Wildman–Crippen MR) is 114 cm³/mol. The zero-order valence-electron chi connectivity index (χ0n) is 15.0. The Kier molecular flexibility index (Phi) is 8.19. The van der Waals surface area contributed by atoms with Crippen LogP contribution in [0, 0.1) is 0 Å². The first kappa shape index (κ1) is 20.8. The number of carbonyl (C=O) groups is 1. The highest BCUT2D eigenvalue weighted by Crippen LogP contribution is 2.17. The smallest absolute Gasteiger partial charge is 0.257 e. The maximum absolute atomic E-state index is 12.3. The second-order valence-corrected chi connectivity index (χ2v) is 6.57. The number of amides is 1. The molecule has 0 radical (unpaired) electrons. The van der Waals surface area contributed by atoms with Crippen LogP contribution in [0.25, 0.3) is 0 Å². The average molecular weight is 405 g/mol. The Balaban J connectivity index is 1.94. The second-order valence-electron chi connectivity index (χ2n) is 5.76. The molecule has 0 saturated heterocycles. The predicted octanol–water partition coefficient (Wildman–Crippen LogP) is 3.43. The maximum Gasteiger partial charge on any atom is 0.257 e. The van der Waals surface area contributed by atoms with Gasteiger partial charge in [0.05, 0.1) is 23.4 Å². The highest BCUT2D eigenvalue weighted by atomic mass is 35.5. The number of hydrogen-bond acceptors (Lipinski definition) is 4. The van der Waals surface area contributed by atoms with Gasteiger partial charge in [-0.3, -0.25) is 10.2 Å². The van der Waals surface area contributed by atoms with Crippen LogP contribution < -0.4 is 16.1 Å². The number of rotatable bonds is 7. The van der Waals surface area contributed by atoms with E-state index in [0.29, 0.717) is 28.0 Å². The Hall–Kier alpha value is -2.48. The Morgan fingerprint density at radius 3 is 2.81 bits per heavy atom. The number of anilines is 1. The summed E-state index contributed by atoms with van der Waals surface area (Å²) in [5, 5.41) is 10.8. The molecule has 1 amide bonds. The molecule has 1 atom stereocenters. The number of thiocarbonyl (C=S) groups is 1. The van der Waals surface area contributed by atoms with Crippen LogP contribution in [-0.4, -0.2) is 37.0 Å². The van der Waals surface area contributed by atoms with Crippen LogP contribution in [0.2, 0.25) is 5.02 Å². The van der Waals surface area contributed by atoms with Crippen molar-refractivity contribution in [1.29, 1.82) is 0 Å². The Morgan fingerprint density at radius 2 is 2.07 bits per heavy atom. The third-order valence-corrected chi connectivity index (χ3v) is 3.98. The molecular weight excluding hydrogens is 384 g/mol. The minimum absolute atomic E-state index is 0.0774. The fraction of sp³-hybridized carbons (Fsp3) is 0.211. The molecule has 0 aromatic heterocycles. The molecule has 6 nitrogen and oxygen atoms in total. The molecule has 0 unspecified atom stereocenters. The number of benzene rings is 2. The van der Waals surface area contributed by atoms with E-state index in [2.05, 4.69) is 21.2 Å². The fourth-order valence-corrected chi connectivity index (χ4v) is 2.73. The van der Waals surface area contributed by atoms with Gasteiger partial charge in [-0.2, -0.15) is 5.10 Å². The quantitative estimate of drug-likeness (QED) is 0.374. The molecule has 8 heteroatoms. The molecule has 0 heterocycles. The molecule has 0 fully saturated rings. The lowest BCUT2D eigenvalue weighted by molar-refractivity contribution is 0.102. The van der Waals surface area contributed by atoms with Crippen molar-refractivity contribution in [3.63, 3.8) is 0 Å². The van der Waals surface area contributed by atoms with Gasteiger partial charge in [0, 0.05) is 18.8 Å². The maximum atomic E-state index is 12.3. The van der Waals surface area contributed by atoms with Crippen molar-refractivity contribution in [2.45, 2.75) is 13.0 Å². The lowest BCUT2D eigenvalue weighted by Gasteiger charge is -2.13. The van der Waals surface area contributed by atoms with Gasteiger partial charge >= 0.3 is 0 Å². The fourth-order valence-electron chi connectivity index (χ4n) is 2.25. The topological polar surface area (TPSA) is 74.8 Å². The molecule has 142 valence electrons. The molecule has 3 N–H and O–H groups in total. The van der Waals surface area contributed by atoms with Crippen molar-refractivity contribution in [1.82, 2.24) is 10.7 Å². The number of ether oxygens (including phenoxy) is 1. The largest absolute Gasteiger partial charge is 0.383 e. The summed E-state index contributed by atoms with van der Waals surface area (Å²) in [6, 6.07) is 14.2. The van der Waals surface area contributed by atoms with Gasteiger partial charge in [0.25, 0.3) is 5.91 Å². The number of halogens is 1. The highest BCUT2D eigenvalue weighted by molar-refractivity contribution is 7.80. The zero-order valence-corrected chi connectivity index (χ0v) is 16.6. The van der Waals surface area contributed by atoms with E-state index in [1.54, 1.807) is 49.7 Å². The molecule has 0 saturated carbocycles. The van der Waals surface area contributed by atoms with Crippen molar-refractivity contribution in [3.8, 4) is 0 Å². The van der Waals surface area contributed by atoms with E-state index in [1.165, 1.54) is 0 Å². The number of hydrazone groups is 1.